The Labute approximate surface area is 115 Å². The Morgan fingerprint density at radius 1 is 1.26 bits per heavy atom. The van der Waals surface area contributed by atoms with Crippen molar-refractivity contribution in [2.45, 2.75) is 57.1 Å². The molecule has 4 fully saturated rings. The van der Waals surface area contributed by atoms with Crippen LogP contribution >= 0.6 is 0 Å². The smallest absolute Gasteiger partial charge is 0.166 e. The molecule has 0 aromatic heterocycles. The van der Waals surface area contributed by atoms with E-state index >= 15 is 0 Å². The lowest BCUT2D eigenvalue weighted by Crippen LogP contribution is -2.74. The molecule has 0 unspecified atom stereocenters. The van der Waals surface area contributed by atoms with Gasteiger partial charge in [0.1, 0.15) is 6.10 Å². The number of hydrogen-bond donors (Lipinski definition) is 1. The molecule has 2 aliphatic heterocycles. The number of rotatable bonds is 0. The third kappa shape index (κ3) is 1.43. The molecule has 1 spiro atoms. The predicted molar refractivity (Wildman–Crippen MR) is 72.7 cm³/mol. The molecule has 2 aliphatic carbocycles. The van der Waals surface area contributed by atoms with Gasteiger partial charge in [-0.3, -0.25) is 9.69 Å². The Balaban J connectivity index is 1.84. The SMILES string of the molecule is C[C@@H]1C[C@@H]2[C@H]3CCCN4CCC[C@H](C(=O)[C@@H]2O)[C@@]34C1. The summed E-state index contributed by atoms with van der Waals surface area (Å²) in [6, 6.07) is 0. The highest BCUT2D eigenvalue weighted by Gasteiger charge is 2.64. The summed E-state index contributed by atoms with van der Waals surface area (Å²) in [5, 5.41) is 10.5. The number of Topliss-reactive ketones (excluding diaryl/α,β-unsaturated/α-hetero) is 1. The van der Waals surface area contributed by atoms with Gasteiger partial charge in [-0.15, -0.1) is 0 Å². The quantitative estimate of drug-likeness (QED) is 0.725. The summed E-state index contributed by atoms with van der Waals surface area (Å²) in [6.45, 7) is 4.67. The van der Waals surface area contributed by atoms with Crippen LogP contribution < -0.4 is 0 Å². The van der Waals surface area contributed by atoms with Crippen LogP contribution in [-0.2, 0) is 4.79 Å². The number of piperidine rings is 2. The summed E-state index contributed by atoms with van der Waals surface area (Å²) >= 11 is 0. The minimum absolute atomic E-state index is 0.126. The van der Waals surface area contributed by atoms with Gasteiger partial charge in [-0.25, -0.2) is 0 Å². The van der Waals surface area contributed by atoms with Crippen molar-refractivity contribution >= 4 is 5.78 Å². The van der Waals surface area contributed by atoms with Crippen LogP contribution in [0.3, 0.4) is 0 Å². The van der Waals surface area contributed by atoms with E-state index in [1.165, 1.54) is 32.4 Å². The summed E-state index contributed by atoms with van der Waals surface area (Å²) in [5.41, 5.74) is 0.134. The second-order valence-electron chi connectivity index (χ2n) is 7.48. The third-order valence-corrected chi connectivity index (χ3v) is 6.61. The lowest BCUT2D eigenvalue weighted by Gasteiger charge is -2.66. The molecule has 2 saturated heterocycles. The molecule has 2 saturated carbocycles. The molecule has 2 heterocycles. The first-order valence-electron chi connectivity index (χ1n) is 8.11. The number of carbonyl (C=O) groups is 1. The zero-order valence-electron chi connectivity index (χ0n) is 11.8. The molecular weight excluding hydrogens is 238 g/mol. The molecule has 2 bridgehead atoms. The summed E-state index contributed by atoms with van der Waals surface area (Å²) < 4.78 is 0. The van der Waals surface area contributed by atoms with Crippen LogP contribution in [0.15, 0.2) is 0 Å². The van der Waals surface area contributed by atoms with Crippen molar-refractivity contribution in [3.8, 4) is 0 Å². The fraction of sp³-hybridized carbons (Fsp3) is 0.938. The van der Waals surface area contributed by atoms with Gasteiger partial charge in [0, 0.05) is 11.5 Å². The van der Waals surface area contributed by atoms with Gasteiger partial charge in [0.2, 0.25) is 0 Å². The third-order valence-electron chi connectivity index (χ3n) is 6.61. The van der Waals surface area contributed by atoms with E-state index in [9.17, 15) is 9.90 Å². The molecule has 19 heavy (non-hydrogen) atoms. The van der Waals surface area contributed by atoms with Crippen LogP contribution in [-0.4, -0.2) is 40.5 Å². The lowest BCUT2D eigenvalue weighted by molar-refractivity contribution is -0.193. The fourth-order valence-corrected chi connectivity index (χ4v) is 6.16. The Hall–Kier alpha value is -0.410. The second kappa shape index (κ2) is 4.05. The Morgan fingerprint density at radius 3 is 2.79 bits per heavy atom. The van der Waals surface area contributed by atoms with Gasteiger partial charge in [-0.05, 0) is 69.4 Å². The van der Waals surface area contributed by atoms with E-state index in [1.54, 1.807) is 0 Å². The summed E-state index contributed by atoms with van der Waals surface area (Å²) in [6.07, 6.45) is 6.22. The van der Waals surface area contributed by atoms with E-state index in [0.29, 0.717) is 11.8 Å². The van der Waals surface area contributed by atoms with Crippen LogP contribution in [0.5, 0.6) is 0 Å². The van der Waals surface area contributed by atoms with Gasteiger partial charge in [-0.1, -0.05) is 6.92 Å². The average molecular weight is 263 g/mol. The van der Waals surface area contributed by atoms with Crippen LogP contribution in [0.1, 0.15) is 45.4 Å². The van der Waals surface area contributed by atoms with Crippen molar-refractivity contribution in [2.75, 3.05) is 13.1 Å². The zero-order chi connectivity index (χ0) is 13.2. The zero-order valence-corrected chi connectivity index (χ0v) is 11.8. The molecule has 0 radical (unpaired) electrons. The highest BCUT2D eigenvalue weighted by atomic mass is 16.3. The fourth-order valence-electron chi connectivity index (χ4n) is 6.16. The van der Waals surface area contributed by atoms with E-state index in [1.807, 2.05) is 0 Å². The van der Waals surface area contributed by atoms with Gasteiger partial charge in [0.25, 0.3) is 0 Å². The molecule has 6 atom stereocenters. The highest BCUT2D eigenvalue weighted by Crippen LogP contribution is 2.59. The monoisotopic (exact) mass is 263 g/mol. The molecule has 0 aromatic carbocycles. The first-order chi connectivity index (χ1) is 9.14. The molecule has 3 nitrogen and oxygen atoms in total. The van der Waals surface area contributed by atoms with Gasteiger partial charge in [0.15, 0.2) is 5.78 Å². The van der Waals surface area contributed by atoms with Crippen molar-refractivity contribution in [1.82, 2.24) is 4.90 Å². The molecule has 4 rings (SSSR count). The van der Waals surface area contributed by atoms with Crippen molar-refractivity contribution in [1.29, 1.82) is 0 Å². The maximum absolute atomic E-state index is 12.6. The van der Waals surface area contributed by atoms with E-state index in [2.05, 4.69) is 11.8 Å². The van der Waals surface area contributed by atoms with Crippen LogP contribution in [0.25, 0.3) is 0 Å². The highest BCUT2D eigenvalue weighted by molar-refractivity contribution is 5.88. The maximum atomic E-state index is 12.6. The number of ketones is 1. The van der Waals surface area contributed by atoms with Crippen LogP contribution in [0.2, 0.25) is 0 Å². The normalized spacial score (nSPS) is 53.8. The Morgan fingerprint density at radius 2 is 2.00 bits per heavy atom. The number of aliphatic hydroxyl groups is 1. The molecule has 0 aromatic rings. The molecule has 0 amide bonds. The molecule has 4 aliphatic rings. The summed E-state index contributed by atoms with van der Waals surface area (Å²) in [7, 11) is 0. The molecule has 1 N–H and O–H groups in total. The van der Waals surface area contributed by atoms with Crippen molar-refractivity contribution < 1.29 is 9.90 Å². The standard InChI is InChI=1S/C16H25NO2/c1-10-8-11-12-4-2-6-17-7-3-5-13(15(19)14(11)18)16(12,17)9-10/h10-14,18H,2-9H2,1H3/t10-,11-,12-,13-,14-,16-/m1/s1. The largest absolute Gasteiger partial charge is 0.385 e. The van der Waals surface area contributed by atoms with Crippen molar-refractivity contribution in [3.05, 3.63) is 0 Å². The minimum atomic E-state index is -0.663. The summed E-state index contributed by atoms with van der Waals surface area (Å²) in [4.78, 5) is 15.3. The van der Waals surface area contributed by atoms with E-state index < -0.39 is 6.10 Å². The van der Waals surface area contributed by atoms with E-state index in [0.717, 1.165) is 19.3 Å². The molecular formula is C16H25NO2. The van der Waals surface area contributed by atoms with Crippen LogP contribution in [0.4, 0.5) is 0 Å². The number of nitrogens with zero attached hydrogens (tertiary/aromatic N) is 1. The average Bonchev–Trinajstić information content (AvgIpc) is 2.40. The minimum Gasteiger partial charge on any atom is -0.385 e. The van der Waals surface area contributed by atoms with Gasteiger partial charge < -0.3 is 5.11 Å². The first-order valence-corrected chi connectivity index (χ1v) is 8.11. The predicted octanol–water partition coefficient (Wildman–Crippen LogP) is 1.84. The van der Waals surface area contributed by atoms with E-state index in [-0.39, 0.29) is 23.2 Å². The maximum Gasteiger partial charge on any atom is 0.166 e. The van der Waals surface area contributed by atoms with Gasteiger partial charge in [0.05, 0.1) is 0 Å². The number of aliphatic hydroxyl groups excluding tert-OH is 1. The van der Waals surface area contributed by atoms with Crippen molar-refractivity contribution in [3.63, 3.8) is 0 Å². The topological polar surface area (TPSA) is 40.5 Å². The van der Waals surface area contributed by atoms with Crippen LogP contribution in [0, 0.1) is 23.7 Å². The van der Waals surface area contributed by atoms with Crippen molar-refractivity contribution in [2.24, 2.45) is 23.7 Å². The lowest BCUT2D eigenvalue weighted by atomic mass is 9.48. The number of carbonyl (C=O) groups excluding carboxylic acids is 1. The Kier molecular flexibility index (Phi) is 2.63. The van der Waals surface area contributed by atoms with Gasteiger partial charge >= 0.3 is 0 Å². The first kappa shape index (κ1) is 12.3. The Bertz CT molecular complexity index is 408. The molecule has 3 heteroatoms. The summed E-state index contributed by atoms with van der Waals surface area (Å²) in [5.74, 6) is 1.79. The number of hydrogen-bond acceptors (Lipinski definition) is 3. The van der Waals surface area contributed by atoms with E-state index in [4.69, 9.17) is 0 Å². The molecule has 106 valence electrons. The van der Waals surface area contributed by atoms with Gasteiger partial charge in [-0.2, -0.15) is 0 Å². The second-order valence-corrected chi connectivity index (χ2v) is 7.48.